The molecule has 3 heteroatoms. The molecule has 9 heavy (non-hydrogen) atoms. The Labute approximate surface area is 65.6 Å². The summed E-state index contributed by atoms with van der Waals surface area (Å²) in [6.07, 6.45) is 0. The first kappa shape index (κ1) is 9.66. The normalized spacial score (nSPS) is 10.7. The minimum Gasteiger partial charge on any atom is -0.394 e. The van der Waals surface area contributed by atoms with Gasteiger partial charge in [0.05, 0.1) is 11.2 Å². The Morgan fingerprint density at radius 1 is 1.22 bits per heavy atom. The molecular formula is C6H14OS2. The highest BCUT2D eigenvalue weighted by molar-refractivity contribution is 8.17. The maximum absolute atomic E-state index is 8.75. The summed E-state index contributed by atoms with van der Waals surface area (Å²) in [5.74, 6) is 2.19. The number of hydrogen-bond acceptors (Lipinski definition) is 3. The van der Waals surface area contributed by atoms with Gasteiger partial charge >= 0.3 is 0 Å². The lowest BCUT2D eigenvalue weighted by molar-refractivity contribution is 0.316. The van der Waals surface area contributed by atoms with E-state index < -0.39 is 0 Å². The first-order chi connectivity index (χ1) is 4.35. The van der Waals surface area contributed by atoms with Crippen LogP contribution in [0.4, 0.5) is 0 Å². The van der Waals surface area contributed by atoms with Gasteiger partial charge in [-0.05, 0) is 11.5 Å². The van der Waals surface area contributed by atoms with E-state index in [9.17, 15) is 0 Å². The molecule has 0 atom stereocenters. The van der Waals surface area contributed by atoms with Gasteiger partial charge in [0.25, 0.3) is 0 Å². The molecule has 0 heterocycles. The van der Waals surface area contributed by atoms with Crippen LogP contribution in [0.2, 0.25) is 0 Å². The Bertz CT molecular complexity index is 53.0. The van der Waals surface area contributed by atoms with Gasteiger partial charge in [-0.15, -0.1) is 23.5 Å². The van der Waals surface area contributed by atoms with Gasteiger partial charge in [0, 0.05) is 0 Å². The summed E-state index contributed by atoms with van der Waals surface area (Å²) in [6, 6.07) is 0. The molecular weight excluding hydrogens is 152 g/mol. The summed E-state index contributed by atoms with van der Waals surface area (Å²) < 4.78 is 0.403. The van der Waals surface area contributed by atoms with Crippen LogP contribution in [-0.2, 0) is 0 Å². The zero-order chi connectivity index (χ0) is 7.11. The van der Waals surface area contributed by atoms with Gasteiger partial charge in [-0.25, -0.2) is 0 Å². The summed E-state index contributed by atoms with van der Waals surface area (Å²) in [5, 5.41) is 8.75. The fraction of sp³-hybridized carbons (Fsp3) is 1.00. The van der Waals surface area contributed by atoms with E-state index in [1.54, 1.807) is 0 Å². The fourth-order valence-electron chi connectivity index (χ4n) is 0.525. The van der Waals surface area contributed by atoms with Crippen molar-refractivity contribution in [3.63, 3.8) is 0 Å². The number of hydrogen-bond donors (Lipinski definition) is 1. The lowest BCUT2D eigenvalue weighted by Gasteiger charge is -2.09. The van der Waals surface area contributed by atoms with E-state index in [0.29, 0.717) is 11.2 Å². The van der Waals surface area contributed by atoms with E-state index in [2.05, 4.69) is 13.8 Å². The molecule has 0 bridgehead atoms. The molecule has 0 aliphatic heterocycles. The molecule has 0 rings (SSSR count). The molecule has 0 saturated carbocycles. The maximum Gasteiger partial charge on any atom is 0.0732 e. The smallest absolute Gasteiger partial charge is 0.0732 e. The predicted octanol–water partition coefficient (Wildman–Crippen LogP) is 1.81. The highest BCUT2D eigenvalue weighted by atomic mass is 32.2. The second kappa shape index (κ2) is 6.78. The first-order valence-corrected chi connectivity index (χ1v) is 5.28. The minimum atomic E-state index is 0.303. The number of rotatable bonds is 5. The molecule has 1 N–H and O–H groups in total. The average Bonchev–Trinajstić information content (AvgIpc) is 1.88. The topological polar surface area (TPSA) is 20.2 Å². The van der Waals surface area contributed by atoms with E-state index >= 15 is 0 Å². The van der Waals surface area contributed by atoms with Crippen molar-refractivity contribution in [2.24, 2.45) is 0 Å². The van der Waals surface area contributed by atoms with Crippen LogP contribution < -0.4 is 0 Å². The van der Waals surface area contributed by atoms with E-state index in [1.807, 2.05) is 23.5 Å². The number of thioether (sulfide) groups is 2. The van der Waals surface area contributed by atoms with Gasteiger partial charge < -0.3 is 5.11 Å². The average molecular weight is 166 g/mol. The molecule has 0 unspecified atom stereocenters. The molecule has 0 amide bonds. The van der Waals surface area contributed by atoms with E-state index in [4.69, 9.17) is 5.11 Å². The molecule has 0 aromatic rings. The van der Waals surface area contributed by atoms with Crippen molar-refractivity contribution >= 4 is 23.5 Å². The first-order valence-electron chi connectivity index (χ1n) is 3.19. The van der Waals surface area contributed by atoms with Gasteiger partial charge in [0.15, 0.2) is 0 Å². The van der Waals surface area contributed by atoms with Crippen LogP contribution in [0.5, 0.6) is 0 Å². The van der Waals surface area contributed by atoms with Crippen LogP contribution in [0.3, 0.4) is 0 Å². The van der Waals surface area contributed by atoms with Gasteiger partial charge in [0.2, 0.25) is 0 Å². The Morgan fingerprint density at radius 2 is 1.67 bits per heavy atom. The van der Waals surface area contributed by atoms with Crippen LogP contribution in [-0.4, -0.2) is 27.8 Å². The van der Waals surface area contributed by atoms with Crippen molar-refractivity contribution < 1.29 is 5.11 Å². The zero-order valence-corrected chi connectivity index (χ0v) is 7.60. The van der Waals surface area contributed by atoms with E-state index in [-0.39, 0.29) is 0 Å². The molecule has 0 radical (unpaired) electrons. The Hall–Kier alpha value is 0.660. The van der Waals surface area contributed by atoms with Gasteiger partial charge in [-0.3, -0.25) is 0 Å². The van der Waals surface area contributed by atoms with Crippen molar-refractivity contribution in [2.75, 3.05) is 18.1 Å². The highest BCUT2D eigenvalue weighted by Gasteiger charge is 2.03. The molecule has 0 aromatic heterocycles. The van der Waals surface area contributed by atoms with Crippen LogP contribution in [0, 0.1) is 0 Å². The van der Waals surface area contributed by atoms with Crippen molar-refractivity contribution in [1.82, 2.24) is 0 Å². The van der Waals surface area contributed by atoms with Crippen molar-refractivity contribution in [2.45, 2.75) is 18.4 Å². The van der Waals surface area contributed by atoms with Gasteiger partial charge in [-0.2, -0.15) is 0 Å². The lowest BCUT2D eigenvalue weighted by atomic mass is 10.9. The van der Waals surface area contributed by atoms with Crippen LogP contribution in [0.25, 0.3) is 0 Å². The number of aliphatic hydroxyl groups is 1. The third-order valence-corrected chi connectivity index (χ3v) is 3.38. The second-order valence-electron chi connectivity index (χ2n) is 1.52. The summed E-state index contributed by atoms with van der Waals surface area (Å²) in [6.45, 7) is 4.53. The minimum absolute atomic E-state index is 0.303. The van der Waals surface area contributed by atoms with Crippen molar-refractivity contribution in [1.29, 1.82) is 0 Å². The molecule has 0 fully saturated rings. The third kappa shape index (κ3) is 5.12. The molecule has 1 nitrogen and oxygen atoms in total. The predicted molar refractivity (Wildman–Crippen MR) is 47.1 cm³/mol. The standard InChI is InChI=1S/C6H14OS2/c1-3-8-6(5-7)9-4-2/h6-7H,3-5H2,1-2H3. The van der Waals surface area contributed by atoms with Crippen molar-refractivity contribution in [3.8, 4) is 0 Å². The number of aliphatic hydroxyl groups excluding tert-OH is 1. The maximum atomic E-state index is 8.75. The quantitative estimate of drug-likeness (QED) is 0.629. The second-order valence-corrected chi connectivity index (χ2v) is 4.78. The van der Waals surface area contributed by atoms with Crippen LogP contribution in [0.1, 0.15) is 13.8 Å². The Morgan fingerprint density at radius 3 is 1.89 bits per heavy atom. The fourth-order valence-corrected chi connectivity index (χ4v) is 2.68. The third-order valence-electron chi connectivity index (χ3n) is 0.854. The SMILES string of the molecule is CCSC(CO)SCC. The van der Waals surface area contributed by atoms with Crippen LogP contribution >= 0.6 is 23.5 Å². The van der Waals surface area contributed by atoms with E-state index in [0.717, 1.165) is 11.5 Å². The molecule has 0 spiro atoms. The summed E-state index contributed by atoms with van der Waals surface area (Å²) in [7, 11) is 0. The monoisotopic (exact) mass is 166 g/mol. The van der Waals surface area contributed by atoms with Gasteiger partial charge in [0.1, 0.15) is 0 Å². The largest absolute Gasteiger partial charge is 0.394 e. The Balaban J connectivity index is 3.18. The molecule has 56 valence electrons. The van der Waals surface area contributed by atoms with Gasteiger partial charge in [-0.1, -0.05) is 13.8 Å². The Kier molecular flexibility index (Phi) is 7.27. The molecule has 0 aliphatic carbocycles. The summed E-state index contributed by atoms with van der Waals surface area (Å²) in [5.41, 5.74) is 0. The zero-order valence-electron chi connectivity index (χ0n) is 5.96. The van der Waals surface area contributed by atoms with Crippen LogP contribution in [0.15, 0.2) is 0 Å². The highest BCUT2D eigenvalue weighted by Crippen LogP contribution is 2.21. The molecule has 0 aliphatic rings. The molecule has 0 aromatic carbocycles. The summed E-state index contributed by atoms with van der Waals surface area (Å²) >= 11 is 3.63. The lowest BCUT2D eigenvalue weighted by Crippen LogP contribution is -2.03. The van der Waals surface area contributed by atoms with E-state index in [1.165, 1.54) is 0 Å². The van der Waals surface area contributed by atoms with Crippen molar-refractivity contribution in [3.05, 3.63) is 0 Å². The molecule has 0 saturated heterocycles. The summed E-state index contributed by atoms with van der Waals surface area (Å²) in [4.78, 5) is 0.